The molecule has 44 heavy (non-hydrogen) atoms. The summed E-state index contributed by atoms with van der Waals surface area (Å²) in [5.74, 6) is -0.713. The van der Waals surface area contributed by atoms with Crippen molar-refractivity contribution in [2.45, 2.75) is 53.1 Å². The number of aromatic nitrogens is 3. The third-order valence-electron chi connectivity index (χ3n) is 8.25. The Bertz CT molecular complexity index is 1750. The number of carboxylic acids is 1. The van der Waals surface area contributed by atoms with Crippen molar-refractivity contribution in [2.75, 3.05) is 5.32 Å². The Labute approximate surface area is 260 Å². The number of ether oxygens (including phenoxy) is 1. The molecule has 1 aromatic heterocycles. The molecule has 1 fully saturated rings. The lowest BCUT2D eigenvalue weighted by Gasteiger charge is -2.21. The molecule has 2 aromatic rings. The average molecular weight is 618 g/mol. The van der Waals surface area contributed by atoms with Gasteiger partial charge in [0.15, 0.2) is 0 Å². The van der Waals surface area contributed by atoms with Crippen LogP contribution in [0.3, 0.4) is 0 Å². The SMILES string of the molecule is CCC1(C)C=CC=NC(OC2=CC(C)C=C(Nc3nc(=O)n(CC4CC4C(=O)O)c(=O)n3C(C)c3ccc(Cl)cc3)C=C2)=C1. The maximum absolute atomic E-state index is 13.9. The molecule has 5 atom stereocenters. The summed E-state index contributed by atoms with van der Waals surface area (Å²) in [4.78, 5) is 47.1. The molecule has 0 spiro atoms. The van der Waals surface area contributed by atoms with Gasteiger partial charge in [-0.2, -0.15) is 4.98 Å². The molecule has 1 aromatic carbocycles. The molecule has 0 bridgehead atoms. The van der Waals surface area contributed by atoms with Gasteiger partial charge in [0, 0.05) is 28.9 Å². The fourth-order valence-electron chi connectivity index (χ4n) is 5.27. The molecule has 5 unspecified atom stereocenters. The van der Waals surface area contributed by atoms with E-state index in [-0.39, 0.29) is 29.7 Å². The highest BCUT2D eigenvalue weighted by molar-refractivity contribution is 6.30. The van der Waals surface area contributed by atoms with Crippen molar-refractivity contribution >= 4 is 29.7 Å². The molecule has 0 amide bonds. The number of aliphatic carboxylic acids is 1. The molecule has 0 radical (unpaired) electrons. The lowest BCUT2D eigenvalue weighted by Crippen LogP contribution is -2.44. The van der Waals surface area contributed by atoms with Gasteiger partial charge in [0.05, 0.1) is 12.0 Å². The van der Waals surface area contributed by atoms with E-state index in [9.17, 15) is 19.5 Å². The normalized spacial score (nSPS) is 24.8. The first-order valence-corrected chi connectivity index (χ1v) is 15.1. The summed E-state index contributed by atoms with van der Waals surface area (Å²) < 4.78 is 8.61. The van der Waals surface area contributed by atoms with Crippen LogP contribution >= 0.6 is 11.6 Å². The fourth-order valence-corrected chi connectivity index (χ4v) is 5.40. The number of rotatable bonds is 10. The smallest absolute Gasteiger partial charge is 0.354 e. The molecule has 2 aliphatic carbocycles. The molecule has 0 saturated heterocycles. The number of aliphatic imine (C=N–C) groups is 1. The summed E-state index contributed by atoms with van der Waals surface area (Å²) in [5, 5.41) is 13.1. The molecule has 10 nitrogen and oxygen atoms in total. The van der Waals surface area contributed by atoms with Gasteiger partial charge in [-0.3, -0.25) is 9.36 Å². The van der Waals surface area contributed by atoms with E-state index in [1.165, 1.54) is 4.57 Å². The van der Waals surface area contributed by atoms with Crippen molar-refractivity contribution in [3.63, 3.8) is 0 Å². The van der Waals surface area contributed by atoms with Crippen LogP contribution in [-0.4, -0.2) is 31.4 Å². The van der Waals surface area contributed by atoms with Crippen molar-refractivity contribution in [3.05, 3.63) is 116 Å². The van der Waals surface area contributed by atoms with Crippen LogP contribution in [0.1, 0.15) is 52.1 Å². The number of anilines is 1. The van der Waals surface area contributed by atoms with E-state index in [2.05, 4.69) is 35.2 Å². The summed E-state index contributed by atoms with van der Waals surface area (Å²) in [7, 11) is 0. The highest BCUT2D eigenvalue weighted by Gasteiger charge is 2.44. The number of carboxylic acid groups (broad SMARTS) is 1. The average Bonchev–Trinajstić information content (AvgIpc) is 3.79. The summed E-state index contributed by atoms with van der Waals surface area (Å²) in [5.41, 5.74) is -0.109. The molecule has 2 heterocycles. The van der Waals surface area contributed by atoms with Crippen LogP contribution in [0.4, 0.5) is 5.95 Å². The lowest BCUT2D eigenvalue weighted by atomic mass is 9.87. The molecule has 11 heteroatoms. The Morgan fingerprint density at radius 3 is 2.66 bits per heavy atom. The molecular weight excluding hydrogens is 582 g/mol. The van der Waals surface area contributed by atoms with Crippen molar-refractivity contribution in [1.82, 2.24) is 14.1 Å². The van der Waals surface area contributed by atoms with E-state index >= 15 is 0 Å². The third kappa shape index (κ3) is 7.02. The zero-order valence-electron chi connectivity index (χ0n) is 25.1. The van der Waals surface area contributed by atoms with Crippen molar-refractivity contribution < 1.29 is 14.6 Å². The Hall–Kier alpha value is -4.44. The molecule has 1 saturated carbocycles. The maximum atomic E-state index is 13.9. The van der Waals surface area contributed by atoms with Crippen molar-refractivity contribution in [3.8, 4) is 0 Å². The molecule has 1 aliphatic heterocycles. The number of nitrogens with one attached hydrogen (secondary N) is 1. The van der Waals surface area contributed by atoms with Gasteiger partial charge in [0.2, 0.25) is 11.8 Å². The van der Waals surface area contributed by atoms with Gasteiger partial charge in [-0.1, -0.05) is 56.7 Å². The highest BCUT2D eigenvalue weighted by atomic mass is 35.5. The van der Waals surface area contributed by atoms with Crippen LogP contribution in [0.25, 0.3) is 0 Å². The summed E-state index contributed by atoms with van der Waals surface area (Å²) in [6, 6.07) is 6.56. The minimum absolute atomic E-state index is 0.00949. The first kappa shape index (κ1) is 31.0. The van der Waals surface area contributed by atoms with Crippen LogP contribution in [0.5, 0.6) is 0 Å². The monoisotopic (exact) mass is 617 g/mol. The first-order chi connectivity index (χ1) is 21.0. The Kier molecular flexibility index (Phi) is 8.92. The number of nitrogens with zero attached hydrogens (tertiary/aromatic N) is 4. The summed E-state index contributed by atoms with van der Waals surface area (Å²) in [6.07, 6.45) is 16.5. The molecular formula is C33H36ClN5O5. The number of carbonyl (C=O) groups is 1. The second kappa shape index (κ2) is 12.7. The molecule has 230 valence electrons. The second-order valence-corrected chi connectivity index (χ2v) is 12.2. The van der Waals surface area contributed by atoms with Gasteiger partial charge in [-0.05, 0) is 79.7 Å². The topological polar surface area (TPSA) is 128 Å². The largest absolute Gasteiger partial charge is 0.481 e. The predicted molar refractivity (Wildman–Crippen MR) is 171 cm³/mol. The van der Waals surface area contributed by atoms with Gasteiger partial charge >= 0.3 is 17.3 Å². The van der Waals surface area contributed by atoms with Gasteiger partial charge in [0.25, 0.3) is 0 Å². The van der Waals surface area contributed by atoms with E-state index in [0.29, 0.717) is 28.8 Å². The molecule has 5 rings (SSSR count). The van der Waals surface area contributed by atoms with E-state index < -0.39 is 29.3 Å². The maximum Gasteiger partial charge on any atom is 0.354 e. The van der Waals surface area contributed by atoms with Gasteiger partial charge < -0.3 is 15.2 Å². The van der Waals surface area contributed by atoms with Crippen LogP contribution in [0.15, 0.2) is 98.7 Å². The zero-order chi connectivity index (χ0) is 31.6. The lowest BCUT2D eigenvalue weighted by molar-refractivity contribution is -0.138. The van der Waals surface area contributed by atoms with Crippen LogP contribution < -0.4 is 16.7 Å². The van der Waals surface area contributed by atoms with E-state index in [1.807, 2.05) is 50.3 Å². The van der Waals surface area contributed by atoms with Gasteiger partial charge in [0.1, 0.15) is 5.76 Å². The predicted octanol–water partition coefficient (Wildman–Crippen LogP) is 5.69. The van der Waals surface area contributed by atoms with Crippen LogP contribution in [0.2, 0.25) is 5.02 Å². The summed E-state index contributed by atoms with van der Waals surface area (Å²) in [6.45, 7) is 8.04. The Morgan fingerprint density at radius 2 is 1.98 bits per heavy atom. The molecule has 2 N–H and O–H groups in total. The molecule has 3 aliphatic rings. The first-order valence-electron chi connectivity index (χ1n) is 14.7. The van der Waals surface area contributed by atoms with Crippen LogP contribution in [0, 0.1) is 23.2 Å². The van der Waals surface area contributed by atoms with Crippen molar-refractivity contribution in [2.24, 2.45) is 28.2 Å². The number of benzene rings is 1. The van der Waals surface area contributed by atoms with Crippen LogP contribution in [-0.2, 0) is 16.1 Å². The van der Waals surface area contributed by atoms with E-state index in [1.54, 1.807) is 30.5 Å². The van der Waals surface area contributed by atoms with Crippen molar-refractivity contribution in [1.29, 1.82) is 0 Å². The zero-order valence-corrected chi connectivity index (χ0v) is 25.9. The Morgan fingerprint density at radius 1 is 1.23 bits per heavy atom. The number of hydrogen-bond acceptors (Lipinski definition) is 7. The Balaban J connectivity index is 1.45. The number of allylic oxidation sites excluding steroid dienone is 7. The third-order valence-corrected chi connectivity index (χ3v) is 8.50. The standard InChI is InChI=1S/C33H36ClN5O5/c1-5-33(4)13-6-14-35-28(18-33)44-26-12-11-25(15-20(2)16-26)36-30-37-31(42)38(19-23-17-27(23)29(40)41)32(43)39(30)21(3)22-7-9-24(34)10-8-22/h6-16,18,20-21,23,27H,5,17,19H2,1-4H3,(H,40,41)(H,36,37,42). The van der Waals surface area contributed by atoms with E-state index in [0.717, 1.165) is 16.6 Å². The second-order valence-electron chi connectivity index (χ2n) is 11.7. The quantitative estimate of drug-likeness (QED) is 0.351. The van der Waals surface area contributed by atoms with Gasteiger partial charge in [-0.25, -0.2) is 19.1 Å². The fraction of sp³-hybridized carbons (Fsp3) is 0.364. The highest BCUT2D eigenvalue weighted by Crippen LogP contribution is 2.39. The summed E-state index contributed by atoms with van der Waals surface area (Å²) >= 11 is 6.10. The van der Waals surface area contributed by atoms with E-state index in [4.69, 9.17) is 16.3 Å². The number of hydrogen-bond donors (Lipinski definition) is 2. The number of halogens is 1. The van der Waals surface area contributed by atoms with Gasteiger partial charge in [-0.15, -0.1) is 0 Å². The minimum Gasteiger partial charge on any atom is -0.481 e. The minimum atomic E-state index is -0.930.